The summed E-state index contributed by atoms with van der Waals surface area (Å²) in [6.07, 6.45) is 6.33. The molecule has 6 atom stereocenters. The highest BCUT2D eigenvalue weighted by Crippen LogP contribution is 2.65. The number of aliphatic imine (C=N–C) groups is 1. The van der Waals surface area contributed by atoms with Crippen molar-refractivity contribution in [2.75, 3.05) is 13.6 Å². The van der Waals surface area contributed by atoms with Crippen molar-refractivity contribution in [2.45, 2.75) is 124 Å². The van der Waals surface area contributed by atoms with Crippen LogP contribution in [0.2, 0.25) is 0 Å². The van der Waals surface area contributed by atoms with Crippen molar-refractivity contribution in [3.05, 3.63) is 0 Å². The Morgan fingerprint density at radius 3 is 2.38 bits per heavy atom. The van der Waals surface area contributed by atoms with Crippen LogP contribution in [-0.2, 0) is 18.9 Å². The Labute approximate surface area is 236 Å². The molecule has 0 spiro atoms. The average molecular weight is 548 g/mol. The molecule has 2 bridgehead atoms. The SMILES string of the molecule is CN=C(N)NCCC[C@H](NC(=O)CCCC(C)C)C(=O)N[C@@H](CC(C)C)B1O[C@@H]2C[C@@H]3C[C@@H](C3(C)C)[C@]2(C)O1. The van der Waals surface area contributed by atoms with Crippen LogP contribution in [0.5, 0.6) is 0 Å². The van der Waals surface area contributed by atoms with Gasteiger partial charge in [-0.3, -0.25) is 14.6 Å². The highest BCUT2D eigenvalue weighted by Gasteiger charge is 2.68. The van der Waals surface area contributed by atoms with Gasteiger partial charge < -0.3 is 31.0 Å². The zero-order valence-corrected chi connectivity index (χ0v) is 25.6. The topological polar surface area (TPSA) is 127 Å². The summed E-state index contributed by atoms with van der Waals surface area (Å²) in [5, 5.41) is 9.27. The van der Waals surface area contributed by atoms with E-state index in [1.165, 1.54) is 6.42 Å². The standard InChI is InChI=1S/C29H54BN5O4/c1-18(2)11-9-13-25(36)34-21(12-10-14-33-27(31)32-8)26(37)35-24(15-19(3)4)30-38-23-17-20-16-22(28(20,5)6)29(23,7)39-30/h18-24H,9-17H2,1-8H3,(H,34,36)(H,35,37)(H3,31,32,33)/t20-,21-,22-,23+,24-,29-/m0/s1. The van der Waals surface area contributed by atoms with E-state index in [-0.39, 0.29) is 34.9 Å². The molecule has 0 aromatic carbocycles. The van der Waals surface area contributed by atoms with E-state index in [0.29, 0.717) is 55.4 Å². The molecule has 4 fully saturated rings. The Morgan fingerprint density at radius 1 is 1.05 bits per heavy atom. The minimum Gasteiger partial charge on any atom is -0.404 e. The quantitative estimate of drug-likeness (QED) is 0.114. The summed E-state index contributed by atoms with van der Waals surface area (Å²) in [6, 6.07) is -0.640. The van der Waals surface area contributed by atoms with E-state index in [9.17, 15) is 9.59 Å². The summed E-state index contributed by atoms with van der Waals surface area (Å²) in [4.78, 5) is 30.3. The third-order valence-corrected chi connectivity index (χ3v) is 9.40. The van der Waals surface area contributed by atoms with Gasteiger partial charge in [-0.1, -0.05) is 48.0 Å². The largest absolute Gasteiger partial charge is 0.481 e. The van der Waals surface area contributed by atoms with Crippen molar-refractivity contribution in [3.8, 4) is 0 Å². The van der Waals surface area contributed by atoms with Crippen LogP contribution >= 0.6 is 0 Å². The highest BCUT2D eigenvalue weighted by molar-refractivity contribution is 6.48. The molecule has 1 saturated heterocycles. The zero-order valence-electron chi connectivity index (χ0n) is 25.6. The molecule has 0 radical (unpaired) electrons. The van der Waals surface area contributed by atoms with E-state index in [4.69, 9.17) is 15.0 Å². The number of carbonyl (C=O) groups is 2. The van der Waals surface area contributed by atoms with Gasteiger partial charge in [0.2, 0.25) is 11.8 Å². The molecule has 5 N–H and O–H groups in total. The minimum atomic E-state index is -0.640. The van der Waals surface area contributed by atoms with Crippen LogP contribution in [0.1, 0.15) is 99.8 Å². The molecule has 1 heterocycles. The number of hydrogen-bond acceptors (Lipinski definition) is 5. The fraction of sp³-hybridized carbons (Fsp3) is 0.897. The summed E-state index contributed by atoms with van der Waals surface area (Å²) in [5.41, 5.74) is 5.66. The van der Waals surface area contributed by atoms with Gasteiger partial charge in [-0.15, -0.1) is 0 Å². The van der Waals surface area contributed by atoms with Crippen LogP contribution in [-0.4, -0.2) is 62.2 Å². The third kappa shape index (κ3) is 7.69. The number of hydrogen-bond donors (Lipinski definition) is 4. The van der Waals surface area contributed by atoms with Gasteiger partial charge in [-0.05, 0) is 74.5 Å². The molecule has 10 heteroatoms. The first-order valence-electron chi connectivity index (χ1n) is 15.2. The van der Waals surface area contributed by atoms with Crippen LogP contribution in [0, 0.1) is 29.1 Å². The van der Waals surface area contributed by atoms with Gasteiger partial charge in [0.05, 0.1) is 17.6 Å². The van der Waals surface area contributed by atoms with Gasteiger partial charge in [0.15, 0.2) is 5.96 Å². The Balaban J connectivity index is 1.67. The Kier molecular flexibility index (Phi) is 10.8. The number of guanidine groups is 1. The number of nitrogens with two attached hydrogens (primary N) is 1. The Morgan fingerprint density at radius 2 is 1.77 bits per heavy atom. The van der Waals surface area contributed by atoms with E-state index >= 15 is 0 Å². The Bertz CT molecular complexity index is 882. The van der Waals surface area contributed by atoms with Crippen LogP contribution in [0.4, 0.5) is 0 Å². The van der Waals surface area contributed by atoms with Gasteiger partial charge in [0.1, 0.15) is 6.04 Å². The Hall–Kier alpha value is -1.81. The van der Waals surface area contributed by atoms with Crippen molar-refractivity contribution in [2.24, 2.45) is 39.8 Å². The second-order valence-corrected chi connectivity index (χ2v) is 13.7. The van der Waals surface area contributed by atoms with Gasteiger partial charge in [0.25, 0.3) is 0 Å². The lowest BCUT2D eigenvalue weighted by Gasteiger charge is -2.64. The molecular weight excluding hydrogens is 493 g/mol. The first-order chi connectivity index (χ1) is 18.3. The molecule has 2 amide bonds. The predicted molar refractivity (Wildman–Crippen MR) is 157 cm³/mol. The normalized spacial score (nSPS) is 29.0. The number of carbonyl (C=O) groups excluding carboxylic acids is 2. The number of amides is 2. The molecular formula is C29H54BN5O4. The minimum absolute atomic E-state index is 0.0547. The molecule has 1 aliphatic heterocycles. The molecule has 0 unspecified atom stereocenters. The maximum absolute atomic E-state index is 13.7. The second kappa shape index (κ2) is 13.2. The van der Waals surface area contributed by atoms with Crippen molar-refractivity contribution < 1.29 is 18.9 Å². The number of nitrogens with one attached hydrogen (secondary N) is 3. The number of rotatable bonds is 14. The summed E-state index contributed by atoms with van der Waals surface area (Å²) < 4.78 is 13.3. The molecule has 0 aromatic heterocycles. The van der Waals surface area contributed by atoms with E-state index < -0.39 is 13.2 Å². The van der Waals surface area contributed by atoms with E-state index in [1.807, 2.05) is 0 Å². The van der Waals surface area contributed by atoms with Crippen molar-refractivity contribution in [1.29, 1.82) is 0 Å². The molecule has 0 aromatic rings. The number of nitrogens with zero attached hydrogens (tertiary/aromatic N) is 1. The van der Waals surface area contributed by atoms with Gasteiger partial charge in [0, 0.05) is 20.0 Å². The molecule has 222 valence electrons. The van der Waals surface area contributed by atoms with Gasteiger partial charge in [-0.25, -0.2) is 0 Å². The van der Waals surface area contributed by atoms with Crippen molar-refractivity contribution >= 4 is 24.9 Å². The fourth-order valence-corrected chi connectivity index (χ4v) is 6.91. The first kappa shape index (κ1) is 31.7. The average Bonchev–Trinajstić information content (AvgIpc) is 3.21. The van der Waals surface area contributed by atoms with Crippen LogP contribution in [0.3, 0.4) is 0 Å². The smallest absolute Gasteiger partial charge is 0.404 e. The molecule has 4 aliphatic rings. The van der Waals surface area contributed by atoms with E-state index in [1.54, 1.807) is 7.05 Å². The molecule has 9 nitrogen and oxygen atoms in total. The van der Waals surface area contributed by atoms with Crippen molar-refractivity contribution in [1.82, 2.24) is 16.0 Å². The molecule has 4 rings (SSSR count). The first-order valence-corrected chi connectivity index (χ1v) is 15.2. The predicted octanol–water partition coefficient (Wildman–Crippen LogP) is 3.41. The summed E-state index contributed by atoms with van der Waals surface area (Å²) >= 11 is 0. The van der Waals surface area contributed by atoms with E-state index in [2.05, 4.69) is 69.4 Å². The second-order valence-electron chi connectivity index (χ2n) is 13.7. The molecule has 3 aliphatic carbocycles. The summed E-state index contributed by atoms with van der Waals surface area (Å²) in [6.45, 7) is 16.0. The lowest BCUT2D eigenvalue weighted by molar-refractivity contribution is -0.199. The zero-order chi connectivity index (χ0) is 29.0. The van der Waals surface area contributed by atoms with Crippen LogP contribution in [0.25, 0.3) is 0 Å². The summed E-state index contributed by atoms with van der Waals surface area (Å²) in [5.74, 6) is 1.79. The lowest BCUT2D eigenvalue weighted by Crippen LogP contribution is -2.65. The molecule has 3 saturated carbocycles. The van der Waals surface area contributed by atoms with Crippen molar-refractivity contribution in [3.63, 3.8) is 0 Å². The highest BCUT2D eigenvalue weighted by atomic mass is 16.7. The molecule has 39 heavy (non-hydrogen) atoms. The summed E-state index contributed by atoms with van der Waals surface area (Å²) in [7, 11) is 1.13. The van der Waals surface area contributed by atoms with Gasteiger partial charge >= 0.3 is 7.12 Å². The van der Waals surface area contributed by atoms with Crippen LogP contribution in [0.15, 0.2) is 4.99 Å². The monoisotopic (exact) mass is 547 g/mol. The maximum atomic E-state index is 13.7. The fourth-order valence-electron chi connectivity index (χ4n) is 6.91. The lowest BCUT2D eigenvalue weighted by atomic mass is 9.43. The van der Waals surface area contributed by atoms with Gasteiger partial charge in [-0.2, -0.15) is 0 Å². The maximum Gasteiger partial charge on any atom is 0.481 e. The van der Waals surface area contributed by atoms with E-state index in [0.717, 1.165) is 25.7 Å². The van der Waals surface area contributed by atoms with Crippen LogP contribution < -0.4 is 21.7 Å². The third-order valence-electron chi connectivity index (χ3n) is 9.40.